The number of hydrogen-bond acceptors (Lipinski definition) is 15. The predicted molar refractivity (Wildman–Crippen MR) is 170 cm³/mol. The Bertz CT molecular complexity index is 885. The Morgan fingerprint density at radius 2 is 1.02 bits per heavy atom. The highest BCUT2D eigenvalue weighted by Gasteiger charge is 2.34. The molecule has 48 heavy (non-hydrogen) atoms. The largest absolute Gasteiger partial charge is 0.396 e. The zero-order valence-electron chi connectivity index (χ0n) is 28.3. The van der Waals surface area contributed by atoms with E-state index in [-0.39, 0.29) is 43.7 Å². The van der Waals surface area contributed by atoms with Crippen molar-refractivity contribution < 1.29 is 74.9 Å². The molecule has 0 saturated carbocycles. The number of carbonyl (C=O) groups is 3. The number of rotatable bonds is 29. The first-order valence-corrected chi connectivity index (χ1v) is 16.5. The SMILES string of the molecule is CC(=O)[C@@H](CCCCNC(=O)CCCCOC(O)C(O)C(O)C(O)C(C)CO)NC(=O)CCCCOC(O)C(O)C(O)C(O)C(C)CO. The second kappa shape index (κ2) is 26.0. The molecule has 12 N–H and O–H groups in total. The molecule has 0 heterocycles. The van der Waals surface area contributed by atoms with E-state index in [4.69, 9.17) is 19.7 Å². The van der Waals surface area contributed by atoms with Gasteiger partial charge in [-0.2, -0.15) is 0 Å². The number of carbonyl (C=O) groups excluding carboxylic acids is 3. The van der Waals surface area contributed by atoms with Crippen molar-refractivity contribution in [1.29, 1.82) is 0 Å². The molecule has 0 aliphatic carbocycles. The highest BCUT2D eigenvalue weighted by molar-refractivity contribution is 5.87. The Morgan fingerprint density at radius 3 is 1.44 bits per heavy atom. The first kappa shape index (κ1) is 46.1. The molecule has 0 saturated heterocycles. The number of ether oxygens (including phenoxy) is 2. The van der Waals surface area contributed by atoms with Crippen molar-refractivity contribution in [1.82, 2.24) is 10.6 Å². The molecule has 0 aromatic rings. The fraction of sp³-hybridized carbons (Fsp3) is 0.903. The minimum absolute atomic E-state index is 0.00790. The average molecular weight is 701 g/mol. The van der Waals surface area contributed by atoms with Crippen LogP contribution >= 0.6 is 0 Å². The Balaban J connectivity index is 4.13. The van der Waals surface area contributed by atoms with Crippen LogP contribution in [0, 0.1) is 11.8 Å². The van der Waals surface area contributed by atoms with Crippen molar-refractivity contribution in [3.05, 3.63) is 0 Å². The molecular formula is C31H60N2O15. The summed E-state index contributed by atoms with van der Waals surface area (Å²) in [6.07, 6.45) is -10.3. The first-order valence-electron chi connectivity index (χ1n) is 16.5. The Labute approximate surface area is 281 Å². The van der Waals surface area contributed by atoms with Crippen molar-refractivity contribution in [2.75, 3.05) is 33.0 Å². The summed E-state index contributed by atoms with van der Waals surface area (Å²) in [4.78, 5) is 36.4. The fourth-order valence-corrected chi connectivity index (χ4v) is 4.44. The van der Waals surface area contributed by atoms with E-state index >= 15 is 0 Å². The lowest BCUT2D eigenvalue weighted by Crippen LogP contribution is -2.48. The van der Waals surface area contributed by atoms with Crippen LogP contribution in [-0.4, -0.2) is 157 Å². The van der Waals surface area contributed by atoms with Crippen LogP contribution in [-0.2, 0) is 23.9 Å². The van der Waals surface area contributed by atoms with Gasteiger partial charge in [-0.05, 0) is 51.9 Å². The summed E-state index contributed by atoms with van der Waals surface area (Å²) in [7, 11) is 0. The highest BCUT2D eigenvalue weighted by Crippen LogP contribution is 2.15. The quantitative estimate of drug-likeness (QED) is 0.0270. The van der Waals surface area contributed by atoms with Crippen LogP contribution in [0.1, 0.15) is 78.6 Å². The highest BCUT2D eigenvalue weighted by atomic mass is 16.6. The van der Waals surface area contributed by atoms with Gasteiger partial charge in [-0.1, -0.05) is 13.8 Å². The minimum Gasteiger partial charge on any atom is -0.396 e. The van der Waals surface area contributed by atoms with Crippen molar-refractivity contribution in [2.45, 2.75) is 134 Å². The lowest BCUT2D eigenvalue weighted by molar-refractivity contribution is -0.207. The third kappa shape index (κ3) is 18.8. The number of hydrogen-bond donors (Lipinski definition) is 12. The van der Waals surface area contributed by atoms with Gasteiger partial charge in [0.05, 0.1) is 18.2 Å². The van der Waals surface area contributed by atoms with E-state index in [0.717, 1.165) is 0 Å². The monoisotopic (exact) mass is 700 g/mol. The number of nitrogens with one attached hydrogen (secondary N) is 2. The molecule has 0 rings (SSSR count). The Kier molecular flexibility index (Phi) is 25.0. The molecule has 2 amide bonds. The summed E-state index contributed by atoms with van der Waals surface area (Å²) in [5, 5.41) is 103. The lowest BCUT2D eigenvalue weighted by Gasteiger charge is -2.28. The number of Topliss-reactive ketones (excluding diaryl/α,β-unsaturated/α-hetero) is 1. The van der Waals surface area contributed by atoms with Gasteiger partial charge in [0.25, 0.3) is 0 Å². The maximum absolute atomic E-state index is 12.3. The van der Waals surface area contributed by atoms with E-state index in [1.807, 2.05) is 0 Å². The van der Waals surface area contributed by atoms with E-state index in [0.29, 0.717) is 51.5 Å². The summed E-state index contributed by atoms with van der Waals surface area (Å²) < 4.78 is 10.1. The van der Waals surface area contributed by atoms with Crippen molar-refractivity contribution in [3.8, 4) is 0 Å². The lowest BCUT2D eigenvalue weighted by atomic mass is 9.97. The van der Waals surface area contributed by atoms with Gasteiger partial charge in [0.15, 0.2) is 18.4 Å². The topological polar surface area (TPSA) is 296 Å². The van der Waals surface area contributed by atoms with E-state index < -0.39 is 80.3 Å². The molecular weight excluding hydrogens is 640 g/mol. The van der Waals surface area contributed by atoms with Gasteiger partial charge in [-0.3, -0.25) is 14.4 Å². The van der Waals surface area contributed by atoms with Crippen LogP contribution in [0.4, 0.5) is 0 Å². The van der Waals surface area contributed by atoms with Crippen LogP contribution in [0.15, 0.2) is 0 Å². The molecule has 0 fully saturated rings. The van der Waals surface area contributed by atoms with Crippen LogP contribution < -0.4 is 10.6 Å². The van der Waals surface area contributed by atoms with Gasteiger partial charge in [-0.25, -0.2) is 0 Å². The molecule has 0 radical (unpaired) electrons. The normalized spacial score (nSPS) is 18.8. The summed E-state index contributed by atoms with van der Waals surface area (Å²) >= 11 is 0. The maximum Gasteiger partial charge on any atom is 0.220 e. The standard InChI is InChI=1S/C31H60N2O15/c1-18(16-34)24(39)26(41)28(43)30(45)47-14-8-5-11-22(37)32-13-7-4-10-21(20(3)36)33-23(38)12-6-9-15-48-31(46)29(44)27(42)25(40)19(2)17-35/h18-19,21,24-31,34-35,39-46H,4-17H2,1-3H3,(H,32,37)(H,33,38)/t18?,19?,21-,24?,25?,26?,27?,28?,29?,30?,31?/m1/s1. The van der Waals surface area contributed by atoms with Gasteiger partial charge in [0.1, 0.15) is 24.4 Å². The van der Waals surface area contributed by atoms with E-state index in [2.05, 4.69) is 10.6 Å². The molecule has 17 nitrogen and oxygen atoms in total. The maximum atomic E-state index is 12.3. The average Bonchev–Trinajstić information content (AvgIpc) is 3.07. The van der Waals surface area contributed by atoms with Crippen molar-refractivity contribution in [3.63, 3.8) is 0 Å². The zero-order valence-corrected chi connectivity index (χ0v) is 28.3. The number of amides is 2. The van der Waals surface area contributed by atoms with Crippen LogP contribution in [0.25, 0.3) is 0 Å². The molecule has 0 spiro atoms. The van der Waals surface area contributed by atoms with Gasteiger partial charge in [0, 0.05) is 57.6 Å². The molecule has 284 valence electrons. The molecule has 11 atom stereocenters. The minimum atomic E-state index is -1.80. The molecule has 0 aromatic carbocycles. The molecule has 0 bridgehead atoms. The first-order chi connectivity index (χ1) is 22.6. The van der Waals surface area contributed by atoms with Gasteiger partial charge >= 0.3 is 0 Å². The Hall–Kier alpha value is -1.87. The molecule has 0 aliphatic heterocycles. The molecule has 0 aliphatic rings. The van der Waals surface area contributed by atoms with Crippen molar-refractivity contribution in [2.24, 2.45) is 11.8 Å². The van der Waals surface area contributed by atoms with Crippen LogP contribution in [0.2, 0.25) is 0 Å². The summed E-state index contributed by atoms with van der Waals surface area (Å²) in [5.41, 5.74) is 0. The smallest absolute Gasteiger partial charge is 0.220 e. The number of aliphatic hydroxyl groups is 10. The summed E-state index contributed by atoms with van der Waals surface area (Å²) in [6.45, 7) is 3.75. The third-order valence-corrected chi connectivity index (χ3v) is 7.97. The summed E-state index contributed by atoms with van der Waals surface area (Å²) in [6, 6.07) is -0.688. The van der Waals surface area contributed by atoms with E-state index in [9.17, 15) is 55.2 Å². The zero-order chi connectivity index (χ0) is 36.8. The Morgan fingerprint density at radius 1 is 0.583 bits per heavy atom. The van der Waals surface area contributed by atoms with Crippen molar-refractivity contribution >= 4 is 17.6 Å². The molecule has 0 aromatic heterocycles. The predicted octanol–water partition coefficient (Wildman–Crippen LogP) is -3.22. The van der Waals surface area contributed by atoms with E-state index in [1.165, 1.54) is 20.8 Å². The molecule has 10 unspecified atom stereocenters. The second-order valence-corrected chi connectivity index (χ2v) is 12.3. The van der Waals surface area contributed by atoms with Crippen LogP contribution in [0.5, 0.6) is 0 Å². The van der Waals surface area contributed by atoms with E-state index in [1.54, 1.807) is 0 Å². The van der Waals surface area contributed by atoms with Crippen LogP contribution in [0.3, 0.4) is 0 Å². The third-order valence-electron chi connectivity index (χ3n) is 7.97. The fourth-order valence-electron chi connectivity index (χ4n) is 4.44. The van der Waals surface area contributed by atoms with Gasteiger partial charge in [-0.15, -0.1) is 0 Å². The van der Waals surface area contributed by atoms with Gasteiger partial charge in [0.2, 0.25) is 11.8 Å². The number of aliphatic hydroxyl groups excluding tert-OH is 10. The number of ketones is 1. The second-order valence-electron chi connectivity index (χ2n) is 12.3. The van der Waals surface area contributed by atoms with Gasteiger partial charge < -0.3 is 71.2 Å². The number of unbranched alkanes of at least 4 members (excludes halogenated alkanes) is 3. The summed E-state index contributed by atoms with van der Waals surface area (Å²) in [5.74, 6) is -2.22. The molecule has 17 heteroatoms.